The van der Waals surface area contributed by atoms with Crippen molar-refractivity contribution in [3.8, 4) is 0 Å². The van der Waals surface area contributed by atoms with E-state index in [-0.39, 0.29) is 18.2 Å². The third-order valence-corrected chi connectivity index (χ3v) is 4.22. The van der Waals surface area contributed by atoms with E-state index < -0.39 is 5.92 Å². The summed E-state index contributed by atoms with van der Waals surface area (Å²) in [6, 6.07) is 9.50. The summed E-state index contributed by atoms with van der Waals surface area (Å²) >= 11 is 0. The summed E-state index contributed by atoms with van der Waals surface area (Å²) in [6.45, 7) is 6.32. The van der Waals surface area contributed by atoms with Gasteiger partial charge in [-0.2, -0.15) is 0 Å². The van der Waals surface area contributed by atoms with Crippen LogP contribution in [0.3, 0.4) is 0 Å². The van der Waals surface area contributed by atoms with Gasteiger partial charge in [0.15, 0.2) is 5.82 Å². The average molecular weight is 327 g/mol. The third-order valence-electron chi connectivity index (χ3n) is 4.22. The second kappa shape index (κ2) is 6.47. The first kappa shape index (κ1) is 16.2. The number of para-hydroxylation sites is 1. The summed E-state index contributed by atoms with van der Waals surface area (Å²) in [7, 11) is 0. The minimum Gasteiger partial charge on any atom is -0.360 e. The van der Waals surface area contributed by atoms with Gasteiger partial charge in [-0.05, 0) is 24.5 Å². The van der Waals surface area contributed by atoms with E-state index in [1.165, 1.54) is 0 Å². The van der Waals surface area contributed by atoms with E-state index >= 15 is 0 Å². The zero-order chi connectivity index (χ0) is 17.3. The van der Waals surface area contributed by atoms with Gasteiger partial charge in [-0.1, -0.05) is 37.2 Å². The smallest absolute Gasteiger partial charge is 0.231 e. The lowest BCUT2D eigenvalue weighted by atomic mass is 10.0. The largest absolute Gasteiger partial charge is 0.360 e. The first-order valence-electron chi connectivity index (χ1n) is 8.09. The molecule has 1 saturated heterocycles. The van der Waals surface area contributed by atoms with Crippen LogP contribution < -0.4 is 10.2 Å². The number of carbonyl (C=O) groups excluding carboxylic acids is 2. The number of carbonyl (C=O) groups is 2. The lowest BCUT2D eigenvalue weighted by molar-refractivity contribution is -0.122. The second-order valence-corrected chi connectivity index (χ2v) is 6.43. The molecule has 0 spiro atoms. The number of nitrogens with one attached hydrogen (secondary N) is 1. The Hall–Kier alpha value is -2.63. The number of aryl methyl sites for hydroxylation is 1. The summed E-state index contributed by atoms with van der Waals surface area (Å²) in [4.78, 5) is 26.5. The molecule has 1 N–H and O–H groups in total. The molecule has 6 nitrogen and oxygen atoms in total. The monoisotopic (exact) mass is 327 g/mol. The lowest BCUT2D eigenvalue weighted by Gasteiger charge is -2.22. The van der Waals surface area contributed by atoms with Crippen molar-refractivity contribution >= 4 is 23.3 Å². The van der Waals surface area contributed by atoms with Gasteiger partial charge in [-0.15, -0.1) is 0 Å². The summed E-state index contributed by atoms with van der Waals surface area (Å²) in [6.07, 6.45) is 0.203. The summed E-state index contributed by atoms with van der Waals surface area (Å²) in [5, 5.41) is 6.47. The fourth-order valence-electron chi connectivity index (χ4n) is 2.99. The van der Waals surface area contributed by atoms with Crippen molar-refractivity contribution in [3.63, 3.8) is 0 Å². The molecule has 2 amide bonds. The molecule has 1 fully saturated rings. The Morgan fingerprint density at radius 1 is 1.38 bits per heavy atom. The molecule has 0 radical (unpaired) electrons. The molecule has 24 heavy (non-hydrogen) atoms. The van der Waals surface area contributed by atoms with Crippen LogP contribution in [0, 0.1) is 12.8 Å². The van der Waals surface area contributed by atoms with Crippen LogP contribution in [-0.4, -0.2) is 23.5 Å². The number of rotatable bonds is 4. The van der Waals surface area contributed by atoms with Crippen molar-refractivity contribution in [2.24, 2.45) is 5.92 Å². The molecule has 0 bridgehead atoms. The Kier molecular flexibility index (Phi) is 4.38. The molecule has 2 heterocycles. The Balaban J connectivity index is 1.75. The maximum Gasteiger partial charge on any atom is 0.231 e. The van der Waals surface area contributed by atoms with Gasteiger partial charge in [0.25, 0.3) is 0 Å². The first-order chi connectivity index (χ1) is 11.5. The van der Waals surface area contributed by atoms with E-state index in [1.807, 2.05) is 24.3 Å². The molecule has 3 rings (SSSR count). The molecule has 2 aromatic rings. The van der Waals surface area contributed by atoms with Crippen molar-refractivity contribution in [2.75, 3.05) is 16.8 Å². The van der Waals surface area contributed by atoms with Crippen LogP contribution in [0.15, 0.2) is 34.9 Å². The molecular formula is C18H21N3O3. The molecule has 1 aliphatic heterocycles. The quantitative estimate of drug-likeness (QED) is 0.936. The Morgan fingerprint density at radius 3 is 2.79 bits per heavy atom. The van der Waals surface area contributed by atoms with Crippen LogP contribution in [0.4, 0.5) is 11.5 Å². The van der Waals surface area contributed by atoms with Crippen LogP contribution >= 0.6 is 0 Å². The van der Waals surface area contributed by atoms with E-state index in [4.69, 9.17) is 4.52 Å². The minimum atomic E-state index is -0.394. The molecule has 1 unspecified atom stereocenters. The van der Waals surface area contributed by atoms with Crippen molar-refractivity contribution in [1.82, 2.24) is 5.16 Å². The van der Waals surface area contributed by atoms with Gasteiger partial charge in [-0.25, -0.2) is 0 Å². The average Bonchev–Trinajstić information content (AvgIpc) is 3.13. The molecule has 1 aromatic carbocycles. The van der Waals surface area contributed by atoms with Crippen molar-refractivity contribution in [2.45, 2.75) is 33.1 Å². The number of benzene rings is 1. The van der Waals surface area contributed by atoms with Crippen LogP contribution in [0.5, 0.6) is 0 Å². The van der Waals surface area contributed by atoms with E-state index in [1.54, 1.807) is 17.9 Å². The molecule has 1 aliphatic rings. The van der Waals surface area contributed by atoms with Gasteiger partial charge in [0, 0.05) is 24.7 Å². The van der Waals surface area contributed by atoms with Gasteiger partial charge in [0.2, 0.25) is 11.8 Å². The van der Waals surface area contributed by atoms with Gasteiger partial charge in [0.1, 0.15) is 5.76 Å². The molecule has 126 valence electrons. The standard InChI is InChI=1S/C18H21N3O3/c1-11(2)14-6-4-5-7-15(14)21-10-13(9-17(21)22)18(23)19-16-8-12(3)24-20-16/h4-8,11,13H,9-10H2,1-3H3,(H,19,20,23). The third kappa shape index (κ3) is 3.18. The van der Waals surface area contributed by atoms with Gasteiger partial charge in [-0.3, -0.25) is 9.59 Å². The highest BCUT2D eigenvalue weighted by atomic mass is 16.5. The topological polar surface area (TPSA) is 75.4 Å². The predicted molar refractivity (Wildman–Crippen MR) is 90.9 cm³/mol. The number of hydrogen-bond acceptors (Lipinski definition) is 4. The second-order valence-electron chi connectivity index (χ2n) is 6.43. The molecule has 6 heteroatoms. The fourth-order valence-corrected chi connectivity index (χ4v) is 2.99. The molecule has 0 aliphatic carbocycles. The van der Waals surface area contributed by atoms with Crippen molar-refractivity contribution in [3.05, 3.63) is 41.7 Å². The van der Waals surface area contributed by atoms with E-state index in [0.29, 0.717) is 24.0 Å². The normalized spacial score (nSPS) is 17.6. The number of anilines is 2. The van der Waals surface area contributed by atoms with E-state index in [0.717, 1.165) is 11.3 Å². The molecule has 1 atom stereocenters. The Labute approximate surface area is 140 Å². The fraction of sp³-hybridized carbons (Fsp3) is 0.389. The number of amides is 2. The predicted octanol–water partition coefficient (Wildman–Crippen LogP) is 3.10. The Morgan fingerprint density at radius 2 is 2.12 bits per heavy atom. The zero-order valence-electron chi connectivity index (χ0n) is 14.1. The SMILES string of the molecule is Cc1cc(NC(=O)C2CC(=O)N(c3ccccc3C(C)C)C2)no1. The zero-order valence-corrected chi connectivity index (χ0v) is 14.1. The Bertz CT molecular complexity index is 766. The lowest BCUT2D eigenvalue weighted by Crippen LogP contribution is -2.29. The van der Waals surface area contributed by atoms with Crippen LogP contribution in [-0.2, 0) is 9.59 Å². The summed E-state index contributed by atoms with van der Waals surface area (Å²) in [5.41, 5.74) is 2.00. The maximum atomic E-state index is 12.4. The summed E-state index contributed by atoms with van der Waals surface area (Å²) < 4.78 is 4.94. The minimum absolute atomic E-state index is 0.0282. The highest BCUT2D eigenvalue weighted by Gasteiger charge is 2.36. The number of hydrogen-bond donors (Lipinski definition) is 1. The summed E-state index contributed by atoms with van der Waals surface area (Å²) in [5.74, 6) is 0.682. The first-order valence-corrected chi connectivity index (χ1v) is 8.09. The number of aromatic nitrogens is 1. The van der Waals surface area contributed by atoms with Crippen LogP contribution in [0.2, 0.25) is 0 Å². The van der Waals surface area contributed by atoms with Crippen LogP contribution in [0.25, 0.3) is 0 Å². The van der Waals surface area contributed by atoms with Gasteiger partial charge < -0.3 is 14.7 Å². The van der Waals surface area contributed by atoms with Gasteiger partial charge >= 0.3 is 0 Å². The van der Waals surface area contributed by atoms with Crippen molar-refractivity contribution < 1.29 is 14.1 Å². The maximum absolute atomic E-state index is 12.4. The van der Waals surface area contributed by atoms with E-state index in [9.17, 15) is 9.59 Å². The highest BCUT2D eigenvalue weighted by molar-refractivity contribution is 6.03. The highest BCUT2D eigenvalue weighted by Crippen LogP contribution is 2.32. The molecule has 0 saturated carbocycles. The van der Waals surface area contributed by atoms with Crippen molar-refractivity contribution in [1.29, 1.82) is 0 Å². The van der Waals surface area contributed by atoms with E-state index in [2.05, 4.69) is 24.3 Å². The van der Waals surface area contributed by atoms with Crippen LogP contribution in [0.1, 0.15) is 37.5 Å². The number of nitrogens with zero attached hydrogens (tertiary/aromatic N) is 2. The molecular weight excluding hydrogens is 306 g/mol. The van der Waals surface area contributed by atoms with Gasteiger partial charge in [0.05, 0.1) is 5.92 Å². The molecule has 1 aromatic heterocycles.